The fraction of sp³-hybridized carbons (Fsp3) is 0.268. The van der Waals surface area contributed by atoms with Gasteiger partial charge < -0.3 is 5.11 Å². The quantitative estimate of drug-likeness (QED) is 0.0359. The van der Waals surface area contributed by atoms with Crippen molar-refractivity contribution in [2.75, 3.05) is 61.8 Å². The minimum Gasteiger partial charge on any atom is -0.396 e. The van der Waals surface area contributed by atoms with E-state index < -0.39 is 46.1 Å². The Balaban J connectivity index is 0.000000142. The molecule has 19 nitrogen and oxygen atoms in total. The number of nitrogens with zero attached hydrogens (tertiary/aromatic N) is 10. The molecular formula is C82H79F6N13O6. The number of amides is 3. The number of piperidine rings is 3. The van der Waals surface area contributed by atoms with Crippen LogP contribution in [-0.2, 0) is 38.4 Å². The number of rotatable bonds is 18. The van der Waals surface area contributed by atoms with Crippen molar-refractivity contribution in [3.05, 3.63) is 273 Å². The Labute approximate surface area is 613 Å². The lowest BCUT2D eigenvalue weighted by molar-refractivity contribution is -0.384. The summed E-state index contributed by atoms with van der Waals surface area (Å²) < 4.78 is 84.5. The number of alkyl halides is 6. The Morgan fingerprint density at radius 1 is 0.393 bits per heavy atom. The number of anilines is 3. The number of aliphatic hydroxyl groups excluding tert-OH is 1. The summed E-state index contributed by atoms with van der Waals surface area (Å²) in [6.07, 6.45) is 2.52. The zero-order chi connectivity index (χ0) is 74.6. The zero-order valence-electron chi connectivity index (χ0n) is 58.6. The Kier molecular flexibility index (Phi) is 23.1. The summed E-state index contributed by atoms with van der Waals surface area (Å²) in [7, 11) is 0. The molecule has 0 radical (unpaired) electrons. The van der Waals surface area contributed by atoms with Gasteiger partial charge in [-0.3, -0.25) is 68.8 Å². The van der Waals surface area contributed by atoms with Gasteiger partial charge in [0.15, 0.2) is 0 Å². The van der Waals surface area contributed by atoms with E-state index in [1.165, 1.54) is 106 Å². The van der Waals surface area contributed by atoms with Gasteiger partial charge in [0.25, 0.3) is 23.4 Å². The molecule has 0 aliphatic carbocycles. The molecule has 0 atom stereocenters. The number of benzene rings is 9. The predicted octanol–water partition coefficient (Wildman–Crippen LogP) is 17.3. The molecule has 12 aromatic rings. The topological polar surface area (TPSA) is 214 Å². The molecule has 3 saturated heterocycles. The SMILES string of the molecule is O=C(Nc1nc2cc(CN3CCCCC3)ccc2n1-c1ccc(CCO)cc1)c1cccc(C(F)(F)F)c1.O=C(Nc1nc2cc(CN3CCCCC3)ccc2n1-c1ccccc1)c1cccc(C(F)(F)F)c1.O=C(Nc1nc2cc(CN3CCCCC3)ccc2n1-c1ccccc1)c1cccc([N+](=O)[O-])c1. The number of carbonyl (C=O) groups excluding carboxylic acids is 3. The first-order valence-electron chi connectivity index (χ1n) is 35.8. The maximum atomic E-state index is 13.2. The lowest BCUT2D eigenvalue weighted by Crippen LogP contribution is -2.29. The van der Waals surface area contributed by atoms with Crippen LogP contribution in [0.4, 0.5) is 49.9 Å². The number of nitro benzene ring substituents is 1. The number of nitrogens with one attached hydrogen (secondary N) is 3. The number of fused-ring (bicyclic) bond motifs is 3. The van der Waals surface area contributed by atoms with E-state index in [1.54, 1.807) is 10.6 Å². The van der Waals surface area contributed by atoms with Crippen molar-refractivity contribution in [1.82, 2.24) is 43.4 Å². The van der Waals surface area contributed by atoms with Gasteiger partial charge in [0.05, 0.1) is 49.2 Å². The van der Waals surface area contributed by atoms with Crippen molar-refractivity contribution in [2.24, 2.45) is 0 Å². The number of likely N-dealkylation sites (tertiary alicyclic amines) is 3. The van der Waals surface area contributed by atoms with E-state index in [-0.39, 0.29) is 40.9 Å². The molecule has 3 aliphatic heterocycles. The molecule has 3 aromatic heterocycles. The number of imidazole rings is 3. The lowest BCUT2D eigenvalue weighted by atomic mass is 10.1. The van der Waals surface area contributed by atoms with Gasteiger partial charge in [-0.1, -0.05) is 104 Å². The fourth-order valence-electron chi connectivity index (χ4n) is 13.9. The summed E-state index contributed by atoms with van der Waals surface area (Å²) in [4.78, 5) is 71.0. The van der Waals surface area contributed by atoms with E-state index in [9.17, 15) is 55.9 Å². The second kappa shape index (κ2) is 33.4. The molecule has 25 heteroatoms. The molecule has 0 saturated carbocycles. The van der Waals surface area contributed by atoms with Gasteiger partial charge in [-0.05, 0) is 222 Å². The zero-order valence-corrected chi connectivity index (χ0v) is 58.6. The van der Waals surface area contributed by atoms with E-state index in [1.807, 2.05) is 130 Å². The van der Waals surface area contributed by atoms with Crippen LogP contribution in [0.15, 0.2) is 212 Å². The van der Waals surface area contributed by atoms with Crippen molar-refractivity contribution in [3.8, 4) is 17.1 Å². The van der Waals surface area contributed by atoms with E-state index in [0.29, 0.717) is 23.4 Å². The van der Waals surface area contributed by atoms with E-state index in [4.69, 9.17) is 4.98 Å². The lowest BCUT2D eigenvalue weighted by Gasteiger charge is -2.26. The van der Waals surface area contributed by atoms with Gasteiger partial charge in [0, 0.05) is 72.1 Å². The van der Waals surface area contributed by atoms with E-state index in [0.717, 1.165) is 139 Å². The third-order valence-electron chi connectivity index (χ3n) is 19.2. The number of halogens is 6. The monoisotopic (exact) mass is 1460 g/mol. The third-order valence-corrected chi connectivity index (χ3v) is 19.2. The summed E-state index contributed by atoms with van der Waals surface area (Å²) in [6.45, 7) is 9.06. The maximum absolute atomic E-state index is 13.2. The van der Waals surface area contributed by atoms with Crippen LogP contribution < -0.4 is 16.0 Å². The number of hydrogen-bond acceptors (Lipinski definition) is 12. The van der Waals surface area contributed by atoms with Gasteiger partial charge in [0.2, 0.25) is 17.8 Å². The van der Waals surface area contributed by atoms with Crippen LogP contribution in [-0.4, -0.2) is 117 Å². The molecule has 0 bridgehead atoms. The van der Waals surface area contributed by atoms with Gasteiger partial charge in [-0.2, -0.15) is 26.3 Å². The normalized spacial score (nSPS) is 14.6. The number of hydrogen-bond donors (Lipinski definition) is 4. The van der Waals surface area contributed by atoms with Crippen LogP contribution in [0, 0.1) is 10.1 Å². The van der Waals surface area contributed by atoms with E-state index >= 15 is 0 Å². The molecule has 107 heavy (non-hydrogen) atoms. The third kappa shape index (κ3) is 18.3. The molecule has 550 valence electrons. The van der Waals surface area contributed by atoms with Crippen LogP contribution in [0.25, 0.3) is 50.2 Å². The number of para-hydroxylation sites is 2. The highest BCUT2D eigenvalue weighted by Crippen LogP contribution is 2.35. The number of aromatic nitrogens is 6. The summed E-state index contributed by atoms with van der Waals surface area (Å²) in [6, 6.07) is 59.3. The molecule has 3 fully saturated rings. The van der Waals surface area contributed by atoms with Crippen molar-refractivity contribution in [2.45, 2.75) is 96.2 Å². The number of non-ortho nitro benzene ring substituents is 1. The first kappa shape index (κ1) is 73.9. The predicted molar refractivity (Wildman–Crippen MR) is 401 cm³/mol. The fourth-order valence-corrected chi connectivity index (χ4v) is 13.9. The average Bonchev–Trinajstić information content (AvgIpc) is 1.64. The molecule has 15 rings (SSSR count). The van der Waals surface area contributed by atoms with Crippen LogP contribution in [0.3, 0.4) is 0 Å². The van der Waals surface area contributed by atoms with Crippen molar-refractivity contribution in [3.63, 3.8) is 0 Å². The molecule has 0 unspecified atom stereocenters. The summed E-state index contributed by atoms with van der Waals surface area (Å²) >= 11 is 0. The minimum atomic E-state index is -4.55. The average molecular weight is 1460 g/mol. The minimum absolute atomic E-state index is 0.0332. The summed E-state index contributed by atoms with van der Waals surface area (Å²) in [5, 5.41) is 28.7. The number of aliphatic hydroxyl groups is 1. The summed E-state index contributed by atoms with van der Waals surface area (Å²) in [5.74, 6) is -0.955. The maximum Gasteiger partial charge on any atom is 0.416 e. The molecule has 4 N–H and O–H groups in total. The second-order valence-electron chi connectivity index (χ2n) is 26.9. The Morgan fingerprint density at radius 2 is 0.720 bits per heavy atom. The first-order chi connectivity index (χ1) is 51.8. The largest absolute Gasteiger partial charge is 0.416 e. The number of nitro groups is 1. The molecular weight excluding hydrogens is 1380 g/mol. The molecule has 3 amide bonds. The standard InChI is InChI=1S/C29H29F3N4O2.C27H25F3N4O.C26H25N5O3/c30-29(31,32)23-6-4-5-22(18-23)27(38)34-28-33-25-17-21(19-35-14-2-1-3-15-35)9-12-26(25)36(28)24-10-7-20(8-11-24)13-16-37;28-27(29,30)21-9-7-8-20(17-21)25(35)32-26-31-23-16-19(18-33-14-5-2-6-15-33)12-13-24(23)34(26)22-10-3-1-4-11-22;32-25(20-8-7-11-22(17-20)31(33)34)28-26-27-23-16-19(18-29-14-5-2-6-15-29)12-13-24(23)30(26)21-9-3-1-4-10-21/h4-12,17-18,37H,1-3,13-16,19H2,(H,33,34,38);1,3-4,7-13,16-17H,2,5-6,14-15,18H2,(H,31,32,35);1,3-4,7-13,16-17H,2,5-6,14-15,18H2,(H,27,28,32). The Morgan fingerprint density at radius 3 is 1.06 bits per heavy atom. The van der Waals surface area contributed by atoms with E-state index in [2.05, 4.69) is 58.8 Å². The number of carbonyl (C=O) groups is 3. The van der Waals surface area contributed by atoms with Crippen LogP contribution in [0.2, 0.25) is 0 Å². The highest BCUT2D eigenvalue weighted by Gasteiger charge is 2.33. The first-order valence-corrected chi connectivity index (χ1v) is 35.8. The molecule has 9 aromatic carbocycles. The van der Waals surface area contributed by atoms with Gasteiger partial charge >= 0.3 is 12.4 Å². The molecule has 3 aliphatic rings. The highest BCUT2D eigenvalue weighted by molar-refractivity contribution is 6.06. The second-order valence-corrected chi connectivity index (χ2v) is 26.9. The Hall–Kier alpha value is -11.4. The summed E-state index contributed by atoms with van der Waals surface area (Å²) in [5.41, 5.74) is 9.51. The highest BCUT2D eigenvalue weighted by atomic mass is 19.4. The Bertz CT molecular complexity index is 5120. The van der Waals surface area contributed by atoms with Gasteiger partial charge in [-0.25, -0.2) is 15.0 Å². The van der Waals surface area contributed by atoms with Crippen molar-refractivity contribution in [1.29, 1.82) is 0 Å². The smallest absolute Gasteiger partial charge is 0.396 e. The van der Waals surface area contributed by atoms with Crippen molar-refractivity contribution >= 4 is 74.4 Å². The van der Waals surface area contributed by atoms with Crippen LogP contribution in [0.1, 0.15) is 122 Å². The van der Waals surface area contributed by atoms with Gasteiger partial charge in [-0.15, -0.1) is 0 Å². The molecule has 6 heterocycles. The van der Waals surface area contributed by atoms with Crippen LogP contribution in [0.5, 0.6) is 0 Å². The molecule has 0 spiro atoms. The van der Waals surface area contributed by atoms with Crippen molar-refractivity contribution < 1.29 is 50.8 Å². The van der Waals surface area contributed by atoms with Gasteiger partial charge in [0.1, 0.15) is 0 Å². The van der Waals surface area contributed by atoms with Crippen LogP contribution >= 0.6 is 0 Å².